The van der Waals surface area contributed by atoms with Gasteiger partial charge in [-0.05, 0) is 49.4 Å². The van der Waals surface area contributed by atoms with Crippen LogP contribution in [0.25, 0.3) is 0 Å². The molecule has 1 aromatic carbocycles. The summed E-state index contributed by atoms with van der Waals surface area (Å²) in [7, 11) is 0. The quantitative estimate of drug-likeness (QED) is 0.810. The van der Waals surface area contributed by atoms with Gasteiger partial charge in [0.1, 0.15) is 0 Å². The topological polar surface area (TPSA) is 52.7 Å². The van der Waals surface area contributed by atoms with Gasteiger partial charge in [-0.3, -0.25) is 14.5 Å². The average molecular weight is 392 g/mol. The summed E-state index contributed by atoms with van der Waals surface area (Å²) >= 11 is 5.91. The molecule has 1 atom stereocenters. The molecule has 2 amide bonds. The highest BCUT2D eigenvalue weighted by Gasteiger charge is 2.37. The Morgan fingerprint density at radius 2 is 1.74 bits per heavy atom. The van der Waals surface area contributed by atoms with E-state index in [0.717, 1.165) is 38.9 Å². The first-order chi connectivity index (χ1) is 13.1. The van der Waals surface area contributed by atoms with Crippen molar-refractivity contribution in [3.8, 4) is 0 Å². The van der Waals surface area contributed by atoms with Crippen LogP contribution in [0.3, 0.4) is 0 Å². The Morgan fingerprint density at radius 3 is 2.33 bits per heavy atom. The lowest BCUT2D eigenvalue weighted by molar-refractivity contribution is -0.129. The number of hydrogen-bond acceptors (Lipinski definition) is 3. The first-order valence-electron chi connectivity index (χ1n) is 10.2. The van der Waals surface area contributed by atoms with Gasteiger partial charge >= 0.3 is 0 Å². The van der Waals surface area contributed by atoms with Gasteiger partial charge in [-0.1, -0.05) is 31.4 Å². The molecule has 1 N–H and O–H groups in total. The molecule has 1 aliphatic heterocycles. The summed E-state index contributed by atoms with van der Waals surface area (Å²) < 4.78 is 0. The fourth-order valence-electron chi connectivity index (χ4n) is 4.28. The van der Waals surface area contributed by atoms with E-state index in [4.69, 9.17) is 11.6 Å². The van der Waals surface area contributed by atoms with Crippen molar-refractivity contribution in [3.63, 3.8) is 0 Å². The maximum absolute atomic E-state index is 12.8. The van der Waals surface area contributed by atoms with Crippen LogP contribution in [-0.4, -0.2) is 60.4 Å². The van der Waals surface area contributed by atoms with Gasteiger partial charge in [0.05, 0.1) is 6.04 Å². The first kappa shape index (κ1) is 20.2. The fraction of sp³-hybridized carbons (Fsp3) is 0.619. The van der Waals surface area contributed by atoms with E-state index in [2.05, 4.69) is 17.1 Å². The summed E-state index contributed by atoms with van der Waals surface area (Å²) in [4.78, 5) is 29.7. The summed E-state index contributed by atoms with van der Waals surface area (Å²) in [5.74, 6) is 0.653. The number of nitrogens with zero attached hydrogens (tertiary/aromatic N) is 2. The molecule has 6 heteroatoms. The van der Waals surface area contributed by atoms with Crippen molar-refractivity contribution in [1.82, 2.24) is 15.1 Å². The highest BCUT2D eigenvalue weighted by Crippen LogP contribution is 2.31. The molecule has 1 aliphatic carbocycles. The van der Waals surface area contributed by atoms with Gasteiger partial charge in [-0.2, -0.15) is 0 Å². The van der Waals surface area contributed by atoms with E-state index in [0.29, 0.717) is 29.6 Å². The minimum absolute atomic E-state index is 0.0409. The Hall–Kier alpha value is -1.59. The predicted octanol–water partition coefficient (Wildman–Crippen LogP) is 3.18. The standard InChI is InChI=1S/C21H30ClN3O2/c1-2-11-23-20(26)19(16-5-3-4-6-16)24-12-14-25(15-13-24)21(27)17-7-9-18(22)10-8-17/h7-10,16,19H,2-6,11-15H2,1H3,(H,23,26)/t19-/m1/s1. The molecule has 1 heterocycles. The van der Waals surface area contributed by atoms with Crippen LogP contribution in [0.2, 0.25) is 5.02 Å². The molecular weight excluding hydrogens is 362 g/mol. The van der Waals surface area contributed by atoms with E-state index in [9.17, 15) is 9.59 Å². The van der Waals surface area contributed by atoms with Crippen molar-refractivity contribution in [2.75, 3.05) is 32.7 Å². The summed E-state index contributed by atoms with van der Waals surface area (Å²) in [6.07, 6.45) is 5.66. The fourth-order valence-corrected chi connectivity index (χ4v) is 4.41. The monoisotopic (exact) mass is 391 g/mol. The third kappa shape index (κ3) is 5.02. The maximum atomic E-state index is 12.8. The molecule has 1 saturated heterocycles. The van der Waals surface area contributed by atoms with Crippen LogP contribution in [0.4, 0.5) is 0 Å². The van der Waals surface area contributed by atoms with Crippen molar-refractivity contribution in [2.45, 2.75) is 45.1 Å². The molecule has 3 rings (SSSR count). The normalized spacial score (nSPS) is 19.9. The summed E-state index contributed by atoms with van der Waals surface area (Å²) in [6, 6.07) is 7.00. The van der Waals surface area contributed by atoms with Crippen LogP contribution in [-0.2, 0) is 4.79 Å². The molecule has 2 fully saturated rings. The van der Waals surface area contributed by atoms with Gasteiger partial charge in [0, 0.05) is 43.3 Å². The van der Waals surface area contributed by atoms with E-state index in [1.165, 1.54) is 12.8 Å². The second-order valence-corrected chi connectivity index (χ2v) is 8.05. The van der Waals surface area contributed by atoms with Gasteiger partial charge in [0.25, 0.3) is 5.91 Å². The number of halogens is 1. The zero-order chi connectivity index (χ0) is 19.2. The lowest BCUT2D eigenvalue weighted by atomic mass is 9.95. The SMILES string of the molecule is CCCNC(=O)[C@@H](C1CCCC1)N1CCN(C(=O)c2ccc(Cl)cc2)CC1. The van der Waals surface area contributed by atoms with Gasteiger partial charge in [0.2, 0.25) is 5.91 Å². The highest BCUT2D eigenvalue weighted by atomic mass is 35.5. The zero-order valence-electron chi connectivity index (χ0n) is 16.1. The average Bonchev–Trinajstić information content (AvgIpc) is 3.21. The number of rotatable bonds is 6. The van der Waals surface area contributed by atoms with E-state index in [1.807, 2.05) is 4.90 Å². The minimum atomic E-state index is -0.0492. The van der Waals surface area contributed by atoms with Gasteiger partial charge in [-0.25, -0.2) is 0 Å². The second-order valence-electron chi connectivity index (χ2n) is 7.62. The molecule has 0 unspecified atom stereocenters. The number of carbonyl (C=O) groups excluding carboxylic acids is 2. The van der Waals surface area contributed by atoms with Crippen molar-refractivity contribution < 1.29 is 9.59 Å². The van der Waals surface area contributed by atoms with Crippen LogP contribution in [0.5, 0.6) is 0 Å². The molecule has 1 aromatic rings. The number of amides is 2. The molecule has 148 valence electrons. The third-order valence-corrected chi connectivity index (χ3v) is 6.00. The van der Waals surface area contributed by atoms with Crippen LogP contribution >= 0.6 is 11.6 Å². The van der Waals surface area contributed by atoms with Crippen LogP contribution < -0.4 is 5.32 Å². The predicted molar refractivity (Wildman–Crippen MR) is 108 cm³/mol. The van der Waals surface area contributed by atoms with Gasteiger partial charge < -0.3 is 10.2 Å². The van der Waals surface area contributed by atoms with Crippen LogP contribution in [0.15, 0.2) is 24.3 Å². The van der Waals surface area contributed by atoms with E-state index < -0.39 is 0 Å². The van der Waals surface area contributed by atoms with E-state index in [1.54, 1.807) is 24.3 Å². The second kappa shape index (κ2) is 9.56. The molecular formula is C21H30ClN3O2. The first-order valence-corrected chi connectivity index (χ1v) is 10.5. The van der Waals surface area contributed by atoms with Crippen LogP contribution in [0, 0.1) is 5.92 Å². The van der Waals surface area contributed by atoms with Crippen LogP contribution in [0.1, 0.15) is 49.4 Å². The van der Waals surface area contributed by atoms with Crippen molar-refractivity contribution >= 4 is 23.4 Å². The van der Waals surface area contributed by atoms with Crippen molar-refractivity contribution in [2.24, 2.45) is 5.92 Å². The zero-order valence-corrected chi connectivity index (χ0v) is 16.9. The molecule has 0 bridgehead atoms. The Bertz CT molecular complexity index is 635. The molecule has 27 heavy (non-hydrogen) atoms. The molecule has 0 radical (unpaired) electrons. The molecule has 0 aromatic heterocycles. The Kier molecular flexibility index (Phi) is 7.13. The Labute approximate surface area is 167 Å². The lowest BCUT2D eigenvalue weighted by Crippen LogP contribution is -2.58. The van der Waals surface area contributed by atoms with E-state index >= 15 is 0 Å². The molecule has 0 spiro atoms. The maximum Gasteiger partial charge on any atom is 0.253 e. The Balaban J connectivity index is 1.61. The molecule has 1 saturated carbocycles. The number of benzene rings is 1. The number of piperazine rings is 1. The molecule has 5 nitrogen and oxygen atoms in total. The van der Waals surface area contributed by atoms with Gasteiger partial charge in [0.15, 0.2) is 0 Å². The number of carbonyl (C=O) groups is 2. The Morgan fingerprint density at radius 1 is 1.11 bits per heavy atom. The number of hydrogen-bond donors (Lipinski definition) is 1. The van der Waals surface area contributed by atoms with Crippen molar-refractivity contribution in [3.05, 3.63) is 34.9 Å². The molecule has 2 aliphatic rings. The largest absolute Gasteiger partial charge is 0.355 e. The number of nitrogens with one attached hydrogen (secondary N) is 1. The third-order valence-electron chi connectivity index (χ3n) is 5.75. The summed E-state index contributed by atoms with van der Waals surface area (Å²) in [6.45, 7) is 5.63. The summed E-state index contributed by atoms with van der Waals surface area (Å²) in [5, 5.41) is 3.73. The van der Waals surface area contributed by atoms with Gasteiger partial charge in [-0.15, -0.1) is 0 Å². The highest BCUT2D eigenvalue weighted by molar-refractivity contribution is 6.30. The summed E-state index contributed by atoms with van der Waals surface area (Å²) in [5.41, 5.74) is 0.667. The van der Waals surface area contributed by atoms with Crippen molar-refractivity contribution in [1.29, 1.82) is 0 Å². The smallest absolute Gasteiger partial charge is 0.253 e. The lowest BCUT2D eigenvalue weighted by Gasteiger charge is -2.40. The minimum Gasteiger partial charge on any atom is -0.355 e. The van der Waals surface area contributed by atoms with E-state index in [-0.39, 0.29) is 17.9 Å².